The predicted molar refractivity (Wildman–Crippen MR) is 93.5 cm³/mol. The number of nitrogens with zero attached hydrogens (tertiary/aromatic N) is 5. The lowest BCUT2D eigenvalue weighted by Gasteiger charge is -1.97. The highest BCUT2D eigenvalue weighted by atomic mass is 16.6. The van der Waals surface area contributed by atoms with Gasteiger partial charge in [0.25, 0.3) is 11.6 Å². The van der Waals surface area contributed by atoms with Crippen molar-refractivity contribution in [1.82, 2.24) is 20.2 Å². The van der Waals surface area contributed by atoms with E-state index in [2.05, 4.69) is 30.7 Å². The number of hydrazone groups is 1. The number of para-hydroxylation sites is 1. The van der Waals surface area contributed by atoms with E-state index in [1.807, 2.05) is 24.3 Å². The van der Waals surface area contributed by atoms with Crippen LogP contribution < -0.4 is 5.43 Å². The number of nitro benzene ring substituents is 1. The zero-order valence-corrected chi connectivity index (χ0v) is 12.7. The fraction of sp³-hybridized carbons (Fsp3) is 0. The van der Waals surface area contributed by atoms with E-state index in [1.165, 1.54) is 18.3 Å². The molecule has 0 radical (unpaired) electrons. The third kappa shape index (κ3) is 2.85. The van der Waals surface area contributed by atoms with Gasteiger partial charge in [0.15, 0.2) is 5.65 Å². The first kappa shape index (κ1) is 14.7. The fourth-order valence-corrected chi connectivity index (χ4v) is 2.41. The van der Waals surface area contributed by atoms with E-state index >= 15 is 0 Å². The summed E-state index contributed by atoms with van der Waals surface area (Å²) in [5.74, 6) is 0.247. The van der Waals surface area contributed by atoms with Crippen molar-refractivity contribution in [2.24, 2.45) is 5.10 Å². The lowest BCUT2D eigenvalue weighted by molar-refractivity contribution is -0.384. The van der Waals surface area contributed by atoms with Crippen LogP contribution in [-0.4, -0.2) is 31.3 Å². The van der Waals surface area contributed by atoms with Crippen LogP contribution in [0.3, 0.4) is 0 Å². The molecular weight excluding hydrogens is 322 g/mol. The van der Waals surface area contributed by atoms with Gasteiger partial charge in [-0.1, -0.05) is 18.2 Å². The number of aromatic nitrogens is 4. The number of hydrogen-bond donors (Lipinski definition) is 2. The second-order valence-electron chi connectivity index (χ2n) is 5.22. The second kappa shape index (κ2) is 5.96. The van der Waals surface area contributed by atoms with Crippen LogP contribution in [0.2, 0.25) is 0 Å². The van der Waals surface area contributed by atoms with Gasteiger partial charge >= 0.3 is 0 Å². The van der Waals surface area contributed by atoms with Crippen LogP contribution in [0.25, 0.3) is 22.1 Å². The quantitative estimate of drug-likeness (QED) is 0.336. The van der Waals surface area contributed by atoms with Crippen molar-refractivity contribution in [3.8, 4) is 0 Å². The summed E-state index contributed by atoms with van der Waals surface area (Å²) in [5, 5.41) is 23.8. The number of nitro groups is 1. The Balaban J connectivity index is 1.54. The number of anilines is 1. The van der Waals surface area contributed by atoms with Gasteiger partial charge < -0.3 is 4.98 Å². The molecule has 0 aliphatic carbocycles. The number of fused-ring (bicyclic) bond motifs is 3. The fourth-order valence-electron chi connectivity index (χ4n) is 2.41. The SMILES string of the molecule is O=[N+]([O-])c1ccc(/C=N\Nc2nnc3c(n2)[nH]c2ccccc23)cc1. The standard InChI is InChI=1S/C16H11N7O2/c24-23(25)11-7-5-10(6-8-11)9-17-21-16-19-15-14(20-22-16)12-3-1-2-4-13(12)18-15/h1-9H,(H2,18,19,21,22)/b17-9-. The maximum atomic E-state index is 10.6. The van der Waals surface area contributed by atoms with Gasteiger partial charge in [0, 0.05) is 23.0 Å². The van der Waals surface area contributed by atoms with E-state index in [0.29, 0.717) is 16.7 Å². The number of aromatic amines is 1. The summed E-state index contributed by atoms with van der Waals surface area (Å²) < 4.78 is 0. The highest BCUT2D eigenvalue weighted by Crippen LogP contribution is 2.21. The first-order valence-electron chi connectivity index (χ1n) is 7.35. The molecule has 2 N–H and O–H groups in total. The zero-order valence-electron chi connectivity index (χ0n) is 12.7. The number of benzene rings is 2. The van der Waals surface area contributed by atoms with Crippen molar-refractivity contribution >= 4 is 39.9 Å². The Kier molecular flexibility index (Phi) is 3.51. The van der Waals surface area contributed by atoms with Crippen molar-refractivity contribution in [1.29, 1.82) is 0 Å². The minimum atomic E-state index is -0.450. The molecule has 0 spiro atoms. The number of rotatable bonds is 4. The molecule has 0 fully saturated rings. The number of H-pyrrole nitrogens is 1. The van der Waals surface area contributed by atoms with Gasteiger partial charge in [-0.3, -0.25) is 10.1 Å². The molecule has 4 rings (SSSR count). The minimum Gasteiger partial charge on any atom is -0.338 e. The third-order valence-corrected chi connectivity index (χ3v) is 3.60. The van der Waals surface area contributed by atoms with Gasteiger partial charge in [-0.2, -0.15) is 10.1 Å². The second-order valence-corrected chi connectivity index (χ2v) is 5.22. The summed E-state index contributed by atoms with van der Waals surface area (Å²) in [7, 11) is 0. The van der Waals surface area contributed by atoms with Crippen molar-refractivity contribution in [2.45, 2.75) is 0 Å². The van der Waals surface area contributed by atoms with Gasteiger partial charge in [0.05, 0.1) is 11.1 Å². The van der Waals surface area contributed by atoms with Crippen LogP contribution in [0.5, 0.6) is 0 Å². The molecule has 0 bridgehead atoms. The Hall–Kier alpha value is -3.88. The van der Waals surface area contributed by atoms with Gasteiger partial charge in [-0.15, -0.1) is 10.2 Å². The van der Waals surface area contributed by atoms with Crippen LogP contribution in [0.4, 0.5) is 11.6 Å². The van der Waals surface area contributed by atoms with Gasteiger partial charge in [-0.25, -0.2) is 5.43 Å². The van der Waals surface area contributed by atoms with Crippen LogP contribution in [0, 0.1) is 10.1 Å². The first-order valence-corrected chi connectivity index (χ1v) is 7.35. The minimum absolute atomic E-state index is 0.0295. The predicted octanol–water partition coefficient (Wildman–Crippen LogP) is 2.86. The molecule has 0 aliphatic heterocycles. The van der Waals surface area contributed by atoms with Crippen LogP contribution in [0.15, 0.2) is 53.6 Å². The molecule has 0 unspecified atom stereocenters. The van der Waals surface area contributed by atoms with Crippen molar-refractivity contribution in [3.63, 3.8) is 0 Å². The maximum absolute atomic E-state index is 10.6. The molecule has 9 nitrogen and oxygen atoms in total. The smallest absolute Gasteiger partial charge is 0.269 e. The highest BCUT2D eigenvalue weighted by molar-refractivity contribution is 6.03. The first-order chi connectivity index (χ1) is 12.2. The largest absolute Gasteiger partial charge is 0.338 e. The zero-order chi connectivity index (χ0) is 17.2. The number of nitrogens with one attached hydrogen (secondary N) is 2. The average molecular weight is 333 g/mol. The lowest BCUT2D eigenvalue weighted by Crippen LogP contribution is -1.99. The highest BCUT2D eigenvalue weighted by Gasteiger charge is 2.08. The summed E-state index contributed by atoms with van der Waals surface area (Å²) >= 11 is 0. The summed E-state index contributed by atoms with van der Waals surface area (Å²) in [5.41, 5.74) is 5.68. The molecule has 0 amide bonds. The topological polar surface area (TPSA) is 122 Å². The molecule has 122 valence electrons. The number of hydrogen-bond acceptors (Lipinski definition) is 7. The molecule has 9 heteroatoms. The van der Waals surface area contributed by atoms with E-state index in [-0.39, 0.29) is 11.6 Å². The van der Waals surface area contributed by atoms with E-state index in [0.717, 1.165) is 10.9 Å². The monoisotopic (exact) mass is 333 g/mol. The van der Waals surface area contributed by atoms with Crippen LogP contribution in [0.1, 0.15) is 5.56 Å². The van der Waals surface area contributed by atoms with E-state index in [4.69, 9.17) is 0 Å². The maximum Gasteiger partial charge on any atom is 0.269 e. The molecule has 4 aromatic rings. The summed E-state index contributed by atoms with van der Waals surface area (Å²) in [4.78, 5) is 17.7. The molecule has 0 saturated carbocycles. The third-order valence-electron chi connectivity index (χ3n) is 3.60. The Morgan fingerprint density at radius 1 is 1.12 bits per heavy atom. The Labute approximate surface area is 140 Å². The normalized spacial score (nSPS) is 11.4. The molecule has 2 aromatic heterocycles. The van der Waals surface area contributed by atoms with Gasteiger partial charge in [0.2, 0.25) is 0 Å². The lowest BCUT2D eigenvalue weighted by atomic mass is 10.2. The van der Waals surface area contributed by atoms with Crippen molar-refractivity contribution in [2.75, 3.05) is 5.43 Å². The molecule has 25 heavy (non-hydrogen) atoms. The van der Waals surface area contributed by atoms with Crippen molar-refractivity contribution < 1.29 is 4.92 Å². The molecular formula is C16H11N7O2. The summed E-state index contributed by atoms with van der Waals surface area (Å²) in [6.45, 7) is 0. The van der Waals surface area contributed by atoms with Crippen molar-refractivity contribution in [3.05, 3.63) is 64.2 Å². The number of non-ortho nitro benzene ring substituents is 1. The Morgan fingerprint density at radius 3 is 2.72 bits per heavy atom. The van der Waals surface area contributed by atoms with Crippen LogP contribution in [-0.2, 0) is 0 Å². The summed E-state index contributed by atoms with van der Waals surface area (Å²) in [6.07, 6.45) is 1.52. The molecule has 0 aliphatic rings. The molecule has 0 atom stereocenters. The van der Waals surface area contributed by atoms with E-state index in [1.54, 1.807) is 12.1 Å². The molecule has 2 heterocycles. The molecule has 2 aromatic carbocycles. The average Bonchev–Trinajstić information content (AvgIpc) is 3.00. The van der Waals surface area contributed by atoms with E-state index < -0.39 is 4.92 Å². The Morgan fingerprint density at radius 2 is 1.92 bits per heavy atom. The van der Waals surface area contributed by atoms with Gasteiger partial charge in [0.1, 0.15) is 5.52 Å². The van der Waals surface area contributed by atoms with E-state index in [9.17, 15) is 10.1 Å². The molecule has 0 saturated heterocycles. The Bertz CT molecular complexity index is 1100. The van der Waals surface area contributed by atoms with Gasteiger partial charge in [-0.05, 0) is 23.8 Å². The summed E-state index contributed by atoms with van der Waals surface area (Å²) in [6, 6.07) is 13.8. The van der Waals surface area contributed by atoms with Crippen LogP contribution >= 0.6 is 0 Å².